The van der Waals surface area contributed by atoms with E-state index in [0.717, 1.165) is 28.7 Å². The summed E-state index contributed by atoms with van der Waals surface area (Å²) in [4.78, 5) is 7.68. The maximum atomic E-state index is 12.7. The molecule has 31 heavy (non-hydrogen) atoms. The number of hydrogen-bond donors (Lipinski definition) is 1. The standard InChI is InChI=1S/C23H14F3N3O2/c24-23(25,26)16-7-11-18(12-8-16)30-17-9-5-14(6-10-17)21-28-22(31-29-21)20-13-15-3-1-2-4-19(15)27-20/h1-13,27H. The Labute approximate surface area is 174 Å². The van der Waals surface area contributed by atoms with E-state index >= 15 is 0 Å². The summed E-state index contributed by atoms with van der Waals surface area (Å²) >= 11 is 0. The third-order valence-electron chi connectivity index (χ3n) is 4.72. The maximum Gasteiger partial charge on any atom is 0.416 e. The number of nitrogens with zero attached hydrogens (tertiary/aromatic N) is 2. The average molecular weight is 421 g/mol. The molecule has 0 amide bonds. The molecular formula is C23H14F3N3O2. The number of fused-ring (bicyclic) bond motifs is 1. The van der Waals surface area contributed by atoms with Crippen molar-refractivity contribution in [3.05, 3.63) is 84.4 Å². The van der Waals surface area contributed by atoms with Gasteiger partial charge in [-0.1, -0.05) is 23.4 Å². The van der Waals surface area contributed by atoms with Crippen molar-refractivity contribution in [2.24, 2.45) is 0 Å². The van der Waals surface area contributed by atoms with Crippen LogP contribution in [0.25, 0.3) is 33.9 Å². The first-order chi connectivity index (χ1) is 15.0. The van der Waals surface area contributed by atoms with E-state index in [-0.39, 0.29) is 0 Å². The Hall–Kier alpha value is -4.07. The molecule has 5 nitrogen and oxygen atoms in total. The predicted octanol–water partition coefficient (Wildman–Crippen LogP) is 6.70. The number of H-pyrrole nitrogens is 1. The first kappa shape index (κ1) is 18.9. The van der Waals surface area contributed by atoms with E-state index in [1.54, 1.807) is 24.3 Å². The molecule has 3 aromatic carbocycles. The first-order valence-corrected chi connectivity index (χ1v) is 9.33. The summed E-state index contributed by atoms with van der Waals surface area (Å²) in [5.74, 6) is 1.57. The quantitative estimate of drug-likeness (QED) is 0.351. The lowest BCUT2D eigenvalue weighted by molar-refractivity contribution is -0.137. The van der Waals surface area contributed by atoms with E-state index in [2.05, 4.69) is 15.1 Å². The molecule has 0 spiro atoms. The van der Waals surface area contributed by atoms with Crippen molar-refractivity contribution in [3.8, 4) is 34.5 Å². The SMILES string of the molecule is FC(F)(F)c1ccc(Oc2ccc(-c3noc(-c4cc5ccccc5[nH]4)n3)cc2)cc1. The molecule has 2 aromatic heterocycles. The molecule has 0 fully saturated rings. The van der Waals surface area contributed by atoms with Gasteiger partial charge in [-0.15, -0.1) is 0 Å². The van der Waals surface area contributed by atoms with E-state index < -0.39 is 11.7 Å². The summed E-state index contributed by atoms with van der Waals surface area (Å²) in [6.07, 6.45) is -4.38. The number of para-hydroxylation sites is 1. The Balaban J connectivity index is 1.32. The monoisotopic (exact) mass is 421 g/mol. The van der Waals surface area contributed by atoms with Gasteiger partial charge in [-0.25, -0.2) is 0 Å². The normalized spacial score (nSPS) is 11.7. The number of aromatic amines is 1. The lowest BCUT2D eigenvalue weighted by Gasteiger charge is -2.09. The van der Waals surface area contributed by atoms with Crippen molar-refractivity contribution in [1.82, 2.24) is 15.1 Å². The molecule has 0 atom stereocenters. The van der Waals surface area contributed by atoms with Crippen LogP contribution in [0.15, 0.2) is 83.4 Å². The molecule has 154 valence electrons. The largest absolute Gasteiger partial charge is 0.457 e. The zero-order valence-electron chi connectivity index (χ0n) is 15.9. The summed E-state index contributed by atoms with van der Waals surface area (Å²) in [6.45, 7) is 0. The van der Waals surface area contributed by atoms with E-state index in [0.29, 0.717) is 28.8 Å². The van der Waals surface area contributed by atoms with Gasteiger partial charge in [-0.2, -0.15) is 18.2 Å². The minimum Gasteiger partial charge on any atom is -0.457 e. The summed E-state index contributed by atoms with van der Waals surface area (Å²) in [6, 6.07) is 21.2. The molecule has 5 aromatic rings. The van der Waals surface area contributed by atoms with E-state index in [1.165, 1.54) is 12.1 Å². The second-order valence-corrected chi connectivity index (χ2v) is 6.84. The number of ether oxygens (including phenoxy) is 1. The third-order valence-corrected chi connectivity index (χ3v) is 4.72. The molecule has 0 radical (unpaired) electrons. The second kappa shape index (κ2) is 7.32. The summed E-state index contributed by atoms with van der Waals surface area (Å²) < 4.78 is 49.0. The van der Waals surface area contributed by atoms with Crippen LogP contribution in [0.1, 0.15) is 5.56 Å². The van der Waals surface area contributed by atoms with Gasteiger partial charge in [0.2, 0.25) is 5.82 Å². The van der Waals surface area contributed by atoms with Crippen molar-refractivity contribution in [3.63, 3.8) is 0 Å². The van der Waals surface area contributed by atoms with Gasteiger partial charge in [0.05, 0.1) is 5.56 Å². The molecule has 0 bridgehead atoms. The molecular weight excluding hydrogens is 407 g/mol. The van der Waals surface area contributed by atoms with Crippen LogP contribution in [0.5, 0.6) is 11.5 Å². The van der Waals surface area contributed by atoms with Crippen LogP contribution in [-0.2, 0) is 6.18 Å². The summed E-state index contributed by atoms with van der Waals surface area (Å²) in [5.41, 5.74) is 1.69. The van der Waals surface area contributed by atoms with Crippen molar-refractivity contribution < 1.29 is 22.4 Å². The topological polar surface area (TPSA) is 63.9 Å². The molecule has 1 N–H and O–H groups in total. The number of rotatable bonds is 4. The highest BCUT2D eigenvalue weighted by Gasteiger charge is 2.30. The fraction of sp³-hybridized carbons (Fsp3) is 0.0435. The molecule has 0 aliphatic heterocycles. The van der Waals surface area contributed by atoms with Crippen molar-refractivity contribution in [1.29, 1.82) is 0 Å². The van der Waals surface area contributed by atoms with Gasteiger partial charge in [0.15, 0.2) is 0 Å². The second-order valence-electron chi connectivity index (χ2n) is 6.84. The molecule has 0 aliphatic carbocycles. The summed E-state index contributed by atoms with van der Waals surface area (Å²) in [5, 5.41) is 5.07. The van der Waals surface area contributed by atoms with Crippen molar-refractivity contribution in [2.45, 2.75) is 6.18 Å². The molecule has 0 unspecified atom stereocenters. The number of nitrogens with one attached hydrogen (secondary N) is 1. The molecule has 8 heteroatoms. The van der Waals surface area contributed by atoms with Crippen LogP contribution in [0.4, 0.5) is 13.2 Å². The molecule has 0 aliphatic rings. The Morgan fingerprint density at radius 1 is 0.839 bits per heavy atom. The lowest BCUT2D eigenvalue weighted by Crippen LogP contribution is -2.03. The van der Waals surface area contributed by atoms with E-state index in [4.69, 9.17) is 9.26 Å². The maximum absolute atomic E-state index is 12.7. The van der Waals surface area contributed by atoms with Gasteiger partial charge in [-0.3, -0.25) is 0 Å². The Morgan fingerprint density at radius 3 is 2.19 bits per heavy atom. The van der Waals surface area contributed by atoms with Crippen molar-refractivity contribution in [2.75, 3.05) is 0 Å². The van der Waals surface area contributed by atoms with Crippen LogP contribution in [0.2, 0.25) is 0 Å². The van der Waals surface area contributed by atoms with E-state index in [9.17, 15) is 13.2 Å². The van der Waals surface area contributed by atoms with Gasteiger partial charge in [0.1, 0.15) is 17.2 Å². The zero-order chi connectivity index (χ0) is 21.4. The molecule has 5 rings (SSSR count). The van der Waals surface area contributed by atoms with Gasteiger partial charge >= 0.3 is 6.18 Å². The Kier molecular flexibility index (Phi) is 4.47. The number of halogens is 3. The van der Waals surface area contributed by atoms with Gasteiger partial charge in [-0.05, 0) is 60.7 Å². The lowest BCUT2D eigenvalue weighted by atomic mass is 10.2. The molecule has 2 heterocycles. The highest BCUT2D eigenvalue weighted by Crippen LogP contribution is 2.32. The molecule has 0 saturated heterocycles. The van der Waals surface area contributed by atoms with Crippen LogP contribution >= 0.6 is 0 Å². The minimum absolute atomic E-state index is 0.307. The van der Waals surface area contributed by atoms with Crippen LogP contribution in [0, 0.1) is 0 Å². The zero-order valence-corrected chi connectivity index (χ0v) is 15.9. The van der Waals surface area contributed by atoms with Gasteiger partial charge in [0, 0.05) is 16.5 Å². The number of hydrogen-bond acceptors (Lipinski definition) is 4. The average Bonchev–Trinajstić information content (AvgIpc) is 3.41. The smallest absolute Gasteiger partial charge is 0.416 e. The first-order valence-electron chi connectivity index (χ1n) is 9.33. The van der Waals surface area contributed by atoms with Crippen LogP contribution in [0.3, 0.4) is 0 Å². The van der Waals surface area contributed by atoms with Crippen LogP contribution < -0.4 is 4.74 Å². The highest BCUT2D eigenvalue weighted by molar-refractivity contribution is 5.84. The fourth-order valence-electron chi connectivity index (χ4n) is 3.16. The number of benzene rings is 3. The number of alkyl halides is 3. The number of aromatic nitrogens is 3. The van der Waals surface area contributed by atoms with Gasteiger partial charge in [0.25, 0.3) is 5.89 Å². The predicted molar refractivity (Wildman–Crippen MR) is 109 cm³/mol. The minimum atomic E-state index is -4.38. The highest BCUT2D eigenvalue weighted by atomic mass is 19.4. The molecule has 0 saturated carbocycles. The van der Waals surface area contributed by atoms with Crippen LogP contribution in [-0.4, -0.2) is 15.1 Å². The Bertz CT molecular complexity index is 1300. The summed E-state index contributed by atoms with van der Waals surface area (Å²) in [7, 11) is 0. The Morgan fingerprint density at radius 2 is 1.52 bits per heavy atom. The third kappa shape index (κ3) is 3.87. The van der Waals surface area contributed by atoms with Gasteiger partial charge < -0.3 is 14.2 Å². The fourth-order valence-corrected chi connectivity index (χ4v) is 3.16. The van der Waals surface area contributed by atoms with Crippen molar-refractivity contribution >= 4 is 10.9 Å². The van der Waals surface area contributed by atoms with E-state index in [1.807, 2.05) is 30.3 Å².